The van der Waals surface area contributed by atoms with Gasteiger partial charge in [0.2, 0.25) is 0 Å². The number of aromatic nitrogens is 1. The second kappa shape index (κ2) is 3.34. The molecule has 0 aromatic carbocycles. The maximum atomic E-state index is 5.31. The molecule has 3 nitrogen and oxygen atoms in total. The summed E-state index contributed by atoms with van der Waals surface area (Å²) in [5.41, 5.74) is 7.25. The van der Waals surface area contributed by atoms with Gasteiger partial charge in [-0.2, -0.15) is 0 Å². The van der Waals surface area contributed by atoms with Gasteiger partial charge in [0.25, 0.3) is 0 Å². The minimum absolute atomic E-state index is 0.546. The fourth-order valence-corrected chi connectivity index (χ4v) is 0.914. The fourth-order valence-electron chi connectivity index (χ4n) is 0.914. The second-order valence-corrected chi connectivity index (χ2v) is 2.38. The van der Waals surface area contributed by atoms with E-state index < -0.39 is 0 Å². The van der Waals surface area contributed by atoms with Gasteiger partial charge in [-0.3, -0.25) is 0 Å². The van der Waals surface area contributed by atoms with Crippen LogP contribution in [-0.4, -0.2) is 11.7 Å². The van der Waals surface area contributed by atoms with E-state index in [1.165, 1.54) is 0 Å². The molecular formula is C8H12N2O. The minimum Gasteiger partial charge on any atom is -0.361 e. The highest BCUT2D eigenvalue weighted by Crippen LogP contribution is 2.13. The summed E-state index contributed by atoms with van der Waals surface area (Å²) in [6, 6.07) is 0. The van der Waals surface area contributed by atoms with Crippen LogP contribution < -0.4 is 5.73 Å². The third-order valence-electron chi connectivity index (χ3n) is 1.51. The Hall–Kier alpha value is -1.09. The Morgan fingerprint density at radius 2 is 2.27 bits per heavy atom. The number of nitrogens with zero attached hydrogens (tertiary/aromatic N) is 1. The van der Waals surface area contributed by atoms with Crippen molar-refractivity contribution >= 4 is 6.08 Å². The van der Waals surface area contributed by atoms with E-state index in [4.69, 9.17) is 10.3 Å². The van der Waals surface area contributed by atoms with Crippen LogP contribution in [0.3, 0.4) is 0 Å². The first-order valence-electron chi connectivity index (χ1n) is 3.55. The fraction of sp³-hybridized carbons (Fsp3) is 0.375. The van der Waals surface area contributed by atoms with Crippen molar-refractivity contribution in [2.45, 2.75) is 13.8 Å². The molecule has 1 aromatic rings. The summed E-state index contributed by atoms with van der Waals surface area (Å²) in [6.45, 7) is 4.34. The van der Waals surface area contributed by atoms with E-state index in [0.29, 0.717) is 6.54 Å². The summed E-state index contributed by atoms with van der Waals surface area (Å²) in [7, 11) is 0. The SMILES string of the molecule is Cc1noc(C)c1C=CCN. The normalized spacial score (nSPS) is 11.2. The summed E-state index contributed by atoms with van der Waals surface area (Å²) in [6.07, 6.45) is 3.81. The molecule has 2 N–H and O–H groups in total. The highest BCUT2D eigenvalue weighted by Gasteiger charge is 2.03. The Bertz CT molecular complexity index is 244. The Labute approximate surface area is 65.9 Å². The maximum absolute atomic E-state index is 5.31. The van der Waals surface area contributed by atoms with Crippen molar-refractivity contribution in [3.63, 3.8) is 0 Å². The lowest BCUT2D eigenvalue weighted by Gasteiger charge is -1.87. The highest BCUT2D eigenvalue weighted by molar-refractivity contribution is 5.53. The molecule has 0 saturated carbocycles. The van der Waals surface area contributed by atoms with Crippen molar-refractivity contribution in [2.24, 2.45) is 5.73 Å². The third kappa shape index (κ3) is 1.68. The van der Waals surface area contributed by atoms with Crippen LogP contribution in [0.15, 0.2) is 10.6 Å². The zero-order valence-corrected chi connectivity index (χ0v) is 6.79. The maximum Gasteiger partial charge on any atom is 0.141 e. The molecule has 1 heterocycles. The molecule has 0 saturated heterocycles. The van der Waals surface area contributed by atoms with Crippen LogP contribution in [0.25, 0.3) is 6.08 Å². The first-order valence-corrected chi connectivity index (χ1v) is 3.55. The molecule has 60 valence electrons. The van der Waals surface area contributed by atoms with Crippen LogP contribution in [-0.2, 0) is 0 Å². The first kappa shape index (κ1) is 8.01. The van der Waals surface area contributed by atoms with Gasteiger partial charge in [0, 0.05) is 12.1 Å². The van der Waals surface area contributed by atoms with Crippen LogP contribution in [0.1, 0.15) is 17.0 Å². The average molecular weight is 152 g/mol. The van der Waals surface area contributed by atoms with Gasteiger partial charge >= 0.3 is 0 Å². The largest absolute Gasteiger partial charge is 0.361 e. The molecule has 0 bridgehead atoms. The lowest BCUT2D eigenvalue weighted by Crippen LogP contribution is -1.92. The number of aryl methyl sites for hydroxylation is 2. The molecule has 3 heteroatoms. The van der Waals surface area contributed by atoms with Gasteiger partial charge in [0.15, 0.2) is 0 Å². The van der Waals surface area contributed by atoms with Gasteiger partial charge in [-0.25, -0.2) is 0 Å². The number of hydrogen-bond donors (Lipinski definition) is 1. The predicted octanol–water partition coefficient (Wildman–Crippen LogP) is 1.26. The Morgan fingerprint density at radius 1 is 1.55 bits per heavy atom. The monoisotopic (exact) mass is 152 g/mol. The molecular weight excluding hydrogens is 140 g/mol. The van der Waals surface area contributed by atoms with E-state index in [1.54, 1.807) is 0 Å². The predicted molar refractivity (Wildman–Crippen MR) is 44.1 cm³/mol. The molecule has 0 spiro atoms. The quantitative estimate of drug-likeness (QED) is 0.694. The smallest absolute Gasteiger partial charge is 0.141 e. The minimum atomic E-state index is 0.546. The van der Waals surface area contributed by atoms with Gasteiger partial charge in [-0.05, 0) is 13.8 Å². The van der Waals surface area contributed by atoms with Crippen molar-refractivity contribution in [2.75, 3.05) is 6.54 Å². The van der Waals surface area contributed by atoms with Crippen molar-refractivity contribution < 1.29 is 4.52 Å². The third-order valence-corrected chi connectivity index (χ3v) is 1.51. The zero-order chi connectivity index (χ0) is 8.27. The van der Waals surface area contributed by atoms with Crippen molar-refractivity contribution in [3.8, 4) is 0 Å². The molecule has 0 amide bonds. The first-order chi connectivity index (χ1) is 5.25. The lowest BCUT2D eigenvalue weighted by atomic mass is 10.2. The second-order valence-electron chi connectivity index (χ2n) is 2.38. The number of hydrogen-bond acceptors (Lipinski definition) is 3. The molecule has 0 unspecified atom stereocenters. The van der Waals surface area contributed by atoms with E-state index in [9.17, 15) is 0 Å². The van der Waals surface area contributed by atoms with Gasteiger partial charge < -0.3 is 10.3 Å². The molecule has 0 aliphatic heterocycles. The molecule has 1 aromatic heterocycles. The van der Waals surface area contributed by atoms with Crippen LogP contribution in [0, 0.1) is 13.8 Å². The van der Waals surface area contributed by atoms with Crippen LogP contribution in [0.4, 0.5) is 0 Å². The van der Waals surface area contributed by atoms with E-state index >= 15 is 0 Å². The zero-order valence-electron chi connectivity index (χ0n) is 6.79. The molecule has 0 atom stereocenters. The van der Waals surface area contributed by atoms with Crippen molar-refractivity contribution in [1.82, 2.24) is 5.16 Å². The number of rotatable bonds is 2. The summed E-state index contributed by atoms with van der Waals surface area (Å²) in [4.78, 5) is 0. The van der Waals surface area contributed by atoms with Crippen molar-refractivity contribution in [3.05, 3.63) is 23.1 Å². The molecule has 0 aliphatic carbocycles. The average Bonchev–Trinajstić information content (AvgIpc) is 2.29. The molecule has 0 fully saturated rings. The molecule has 0 radical (unpaired) electrons. The topological polar surface area (TPSA) is 52.0 Å². The molecule has 1 rings (SSSR count). The van der Waals surface area contributed by atoms with E-state index in [-0.39, 0.29) is 0 Å². The summed E-state index contributed by atoms with van der Waals surface area (Å²) in [5, 5.41) is 3.80. The summed E-state index contributed by atoms with van der Waals surface area (Å²) < 4.78 is 4.95. The van der Waals surface area contributed by atoms with Gasteiger partial charge in [-0.1, -0.05) is 17.3 Å². The lowest BCUT2D eigenvalue weighted by molar-refractivity contribution is 0.393. The Kier molecular flexibility index (Phi) is 2.44. The molecule has 0 aliphatic rings. The number of nitrogens with two attached hydrogens (primary N) is 1. The summed E-state index contributed by atoms with van der Waals surface area (Å²) in [5.74, 6) is 0.840. The van der Waals surface area contributed by atoms with E-state index in [0.717, 1.165) is 17.0 Å². The van der Waals surface area contributed by atoms with Crippen LogP contribution in [0.5, 0.6) is 0 Å². The van der Waals surface area contributed by atoms with Crippen molar-refractivity contribution in [1.29, 1.82) is 0 Å². The van der Waals surface area contributed by atoms with Crippen LogP contribution in [0.2, 0.25) is 0 Å². The van der Waals surface area contributed by atoms with Gasteiger partial charge in [0.1, 0.15) is 5.76 Å². The van der Waals surface area contributed by atoms with Gasteiger partial charge in [0.05, 0.1) is 5.69 Å². The van der Waals surface area contributed by atoms with E-state index in [2.05, 4.69) is 5.16 Å². The van der Waals surface area contributed by atoms with E-state index in [1.807, 2.05) is 26.0 Å². The summed E-state index contributed by atoms with van der Waals surface area (Å²) >= 11 is 0. The Balaban J connectivity index is 2.92. The highest BCUT2D eigenvalue weighted by atomic mass is 16.5. The Morgan fingerprint density at radius 3 is 2.73 bits per heavy atom. The van der Waals surface area contributed by atoms with Crippen LogP contribution >= 0.6 is 0 Å². The van der Waals surface area contributed by atoms with Gasteiger partial charge in [-0.15, -0.1) is 0 Å². The standard InChI is InChI=1S/C8H12N2O/c1-6-8(4-3-5-9)7(2)11-10-6/h3-4H,5,9H2,1-2H3. The molecule has 11 heavy (non-hydrogen) atoms.